The van der Waals surface area contributed by atoms with Crippen molar-refractivity contribution >= 4 is 17.1 Å². The number of likely N-dealkylation sites (tertiary alicyclic amines) is 1. The van der Waals surface area contributed by atoms with Gasteiger partial charge in [0.05, 0.1) is 11.0 Å². The van der Waals surface area contributed by atoms with Crippen molar-refractivity contribution < 1.29 is 9.90 Å². The largest absolute Gasteiger partial charge is 0.465 e. The molecule has 1 aliphatic rings. The van der Waals surface area contributed by atoms with Crippen molar-refractivity contribution in [3.63, 3.8) is 0 Å². The van der Waals surface area contributed by atoms with Gasteiger partial charge in [0.15, 0.2) is 0 Å². The first-order valence-corrected chi connectivity index (χ1v) is 5.65. The average Bonchev–Trinajstić information content (AvgIpc) is 2.95. The second-order valence-corrected chi connectivity index (χ2v) is 4.36. The van der Waals surface area contributed by atoms with Crippen LogP contribution >= 0.6 is 0 Å². The molecule has 1 fully saturated rings. The fourth-order valence-corrected chi connectivity index (χ4v) is 2.47. The zero-order chi connectivity index (χ0) is 11.8. The molecule has 0 aromatic carbocycles. The normalized spacial score (nSPS) is 20.0. The lowest BCUT2D eigenvalue weighted by atomic mass is 10.0. The second kappa shape index (κ2) is 3.76. The van der Waals surface area contributed by atoms with Crippen LogP contribution in [0.4, 0.5) is 4.79 Å². The number of rotatable bonds is 1. The van der Waals surface area contributed by atoms with Gasteiger partial charge in [-0.3, -0.25) is 4.98 Å². The molecule has 1 saturated heterocycles. The van der Waals surface area contributed by atoms with Crippen molar-refractivity contribution in [3.05, 3.63) is 30.1 Å². The first-order valence-electron chi connectivity index (χ1n) is 5.65. The van der Waals surface area contributed by atoms with E-state index >= 15 is 0 Å². The third-order valence-electron chi connectivity index (χ3n) is 3.36. The van der Waals surface area contributed by atoms with Gasteiger partial charge in [-0.05, 0) is 18.6 Å². The molecule has 1 aliphatic heterocycles. The predicted molar refractivity (Wildman–Crippen MR) is 63.0 cm³/mol. The number of hydrogen-bond acceptors (Lipinski definition) is 2. The third kappa shape index (κ3) is 1.63. The molecule has 0 saturated carbocycles. The van der Waals surface area contributed by atoms with E-state index in [-0.39, 0.29) is 5.92 Å². The maximum Gasteiger partial charge on any atom is 0.407 e. The Kier molecular flexibility index (Phi) is 2.24. The highest BCUT2D eigenvalue weighted by molar-refractivity contribution is 5.79. The number of carboxylic acid groups (broad SMARTS) is 1. The van der Waals surface area contributed by atoms with E-state index in [0.717, 1.165) is 23.0 Å². The van der Waals surface area contributed by atoms with Gasteiger partial charge in [0.1, 0.15) is 0 Å². The maximum absolute atomic E-state index is 10.9. The Balaban J connectivity index is 1.93. The van der Waals surface area contributed by atoms with E-state index in [2.05, 4.69) is 9.97 Å². The van der Waals surface area contributed by atoms with E-state index in [4.69, 9.17) is 5.11 Å². The zero-order valence-electron chi connectivity index (χ0n) is 9.26. The molecule has 5 heteroatoms. The van der Waals surface area contributed by atoms with E-state index in [1.165, 1.54) is 4.90 Å². The van der Waals surface area contributed by atoms with Crippen LogP contribution in [0, 0.1) is 0 Å². The number of fused-ring (bicyclic) bond motifs is 1. The van der Waals surface area contributed by atoms with Crippen LogP contribution < -0.4 is 0 Å². The molecule has 0 unspecified atom stereocenters. The summed E-state index contributed by atoms with van der Waals surface area (Å²) in [6, 6.07) is 3.87. The summed E-state index contributed by atoms with van der Waals surface area (Å²) in [5.74, 6) is 0.259. The summed E-state index contributed by atoms with van der Waals surface area (Å²) in [6.07, 6.45) is 3.76. The zero-order valence-corrected chi connectivity index (χ0v) is 9.26. The smallest absolute Gasteiger partial charge is 0.407 e. The number of nitrogens with one attached hydrogen (secondary N) is 1. The van der Waals surface area contributed by atoms with Gasteiger partial charge in [0.2, 0.25) is 0 Å². The fraction of sp³-hybridized carbons (Fsp3) is 0.333. The standard InChI is InChI=1S/C12H13N3O2/c16-12(17)15-5-3-8(7-15)9-6-14-10-2-1-4-13-11(9)10/h1-2,4,6,8,14H,3,5,7H2,(H,16,17)/t8-/m0/s1. The third-order valence-corrected chi connectivity index (χ3v) is 3.36. The predicted octanol–water partition coefficient (Wildman–Crippen LogP) is 2.03. The molecule has 17 heavy (non-hydrogen) atoms. The lowest BCUT2D eigenvalue weighted by Gasteiger charge is -2.11. The van der Waals surface area contributed by atoms with Gasteiger partial charge >= 0.3 is 6.09 Å². The minimum atomic E-state index is -0.833. The van der Waals surface area contributed by atoms with Gasteiger partial charge in [-0.25, -0.2) is 4.79 Å². The Morgan fingerprint density at radius 1 is 1.59 bits per heavy atom. The van der Waals surface area contributed by atoms with Crippen LogP contribution in [0.3, 0.4) is 0 Å². The molecule has 5 nitrogen and oxygen atoms in total. The van der Waals surface area contributed by atoms with Crippen LogP contribution in [-0.2, 0) is 0 Å². The van der Waals surface area contributed by atoms with Crippen LogP contribution in [0.2, 0.25) is 0 Å². The summed E-state index contributed by atoms with van der Waals surface area (Å²) in [5, 5.41) is 8.94. The average molecular weight is 231 g/mol. The highest BCUT2D eigenvalue weighted by atomic mass is 16.4. The highest BCUT2D eigenvalue weighted by Crippen LogP contribution is 2.31. The van der Waals surface area contributed by atoms with Gasteiger partial charge in [0.25, 0.3) is 0 Å². The van der Waals surface area contributed by atoms with Gasteiger partial charge in [-0.2, -0.15) is 0 Å². The molecule has 0 radical (unpaired) electrons. The Morgan fingerprint density at radius 3 is 3.24 bits per heavy atom. The summed E-state index contributed by atoms with van der Waals surface area (Å²) < 4.78 is 0. The highest BCUT2D eigenvalue weighted by Gasteiger charge is 2.28. The summed E-state index contributed by atoms with van der Waals surface area (Å²) in [5.41, 5.74) is 3.10. The van der Waals surface area contributed by atoms with Gasteiger partial charge < -0.3 is 15.0 Å². The van der Waals surface area contributed by atoms with Crippen LogP contribution in [0.25, 0.3) is 11.0 Å². The number of aromatic nitrogens is 2. The SMILES string of the molecule is O=C(O)N1CC[C@H](c2c[nH]c3cccnc23)C1. The molecule has 1 amide bonds. The Morgan fingerprint density at radius 2 is 2.47 bits per heavy atom. The van der Waals surface area contributed by atoms with Gasteiger partial charge in [0, 0.05) is 37.0 Å². The molecule has 3 rings (SSSR count). The van der Waals surface area contributed by atoms with E-state index < -0.39 is 6.09 Å². The molecule has 2 N–H and O–H groups in total. The first-order chi connectivity index (χ1) is 8.25. The lowest BCUT2D eigenvalue weighted by molar-refractivity contribution is 0.155. The van der Waals surface area contributed by atoms with Crippen LogP contribution in [0.1, 0.15) is 17.9 Å². The Bertz CT molecular complexity index is 564. The number of hydrogen-bond donors (Lipinski definition) is 2. The molecular formula is C12H13N3O2. The van der Waals surface area contributed by atoms with E-state index in [1.54, 1.807) is 6.20 Å². The summed E-state index contributed by atoms with van der Waals surface area (Å²) in [6.45, 7) is 1.18. The van der Waals surface area contributed by atoms with E-state index in [9.17, 15) is 4.79 Å². The molecule has 88 valence electrons. The van der Waals surface area contributed by atoms with Crippen molar-refractivity contribution in [2.75, 3.05) is 13.1 Å². The summed E-state index contributed by atoms with van der Waals surface area (Å²) in [4.78, 5) is 19.9. The van der Waals surface area contributed by atoms with Gasteiger partial charge in [-0.1, -0.05) is 0 Å². The summed E-state index contributed by atoms with van der Waals surface area (Å²) >= 11 is 0. The lowest BCUT2D eigenvalue weighted by Crippen LogP contribution is -2.26. The first kappa shape index (κ1) is 10.1. The fourth-order valence-electron chi connectivity index (χ4n) is 2.47. The minimum absolute atomic E-state index is 0.259. The van der Waals surface area contributed by atoms with E-state index in [1.807, 2.05) is 18.3 Å². The van der Waals surface area contributed by atoms with Crippen LogP contribution in [-0.4, -0.2) is 39.2 Å². The molecule has 0 bridgehead atoms. The van der Waals surface area contributed by atoms with E-state index in [0.29, 0.717) is 13.1 Å². The number of carbonyl (C=O) groups is 1. The number of pyridine rings is 1. The Hall–Kier alpha value is -2.04. The number of amides is 1. The van der Waals surface area contributed by atoms with Crippen molar-refractivity contribution in [3.8, 4) is 0 Å². The van der Waals surface area contributed by atoms with Crippen molar-refractivity contribution in [1.29, 1.82) is 0 Å². The molecule has 2 aromatic heterocycles. The Labute approximate surface area is 98.1 Å². The number of aromatic amines is 1. The van der Waals surface area contributed by atoms with Crippen molar-refractivity contribution in [2.45, 2.75) is 12.3 Å². The molecule has 3 heterocycles. The van der Waals surface area contributed by atoms with Gasteiger partial charge in [-0.15, -0.1) is 0 Å². The molecule has 2 aromatic rings. The molecule has 0 aliphatic carbocycles. The summed E-state index contributed by atoms with van der Waals surface area (Å²) in [7, 11) is 0. The van der Waals surface area contributed by atoms with Crippen molar-refractivity contribution in [2.24, 2.45) is 0 Å². The number of H-pyrrole nitrogens is 1. The molecular weight excluding hydrogens is 218 g/mol. The van der Waals surface area contributed by atoms with Crippen LogP contribution in [0.15, 0.2) is 24.5 Å². The van der Waals surface area contributed by atoms with Crippen molar-refractivity contribution in [1.82, 2.24) is 14.9 Å². The topological polar surface area (TPSA) is 69.2 Å². The monoisotopic (exact) mass is 231 g/mol. The second-order valence-electron chi connectivity index (χ2n) is 4.36. The van der Waals surface area contributed by atoms with Crippen LogP contribution in [0.5, 0.6) is 0 Å². The molecule has 1 atom stereocenters. The maximum atomic E-state index is 10.9. The molecule has 0 spiro atoms. The minimum Gasteiger partial charge on any atom is -0.465 e. The quantitative estimate of drug-likeness (QED) is 0.789. The number of nitrogens with zero attached hydrogens (tertiary/aromatic N) is 2.